The van der Waals surface area contributed by atoms with Crippen LogP contribution in [0.5, 0.6) is 0 Å². The molecule has 0 aromatic heterocycles. The number of hydrogen-bond donors (Lipinski definition) is 0. The van der Waals surface area contributed by atoms with Gasteiger partial charge in [-0.05, 0) is 18.2 Å². The Bertz CT molecular complexity index is 400. The molecule has 0 amide bonds. The fourth-order valence-corrected chi connectivity index (χ4v) is 1.97. The van der Waals surface area contributed by atoms with E-state index >= 15 is 0 Å². The monoisotopic (exact) mass is 275 g/mol. The molecule has 0 N–H and O–H groups in total. The molecule has 1 aromatic carbocycles. The van der Waals surface area contributed by atoms with Gasteiger partial charge in [-0.1, -0.05) is 15.9 Å². The molecular weight excluding hydrogens is 268 g/mol. The van der Waals surface area contributed by atoms with Gasteiger partial charge in [-0.2, -0.15) is 0 Å². The summed E-state index contributed by atoms with van der Waals surface area (Å²) < 4.78 is 26.1. The Labute approximate surface area is 94.0 Å². The first-order valence-electron chi connectivity index (χ1n) is 4.39. The summed E-state index contributed by atoms with van der Waals surface area (Å²) in [5.74, 6) is -2.62. The Balaban J connectivity index is 2.26. The predicted molar refractivity (Wildman–Crippen MR) is 56.7 cm³/mol. The molecule has 0 atom stereocenters. The van der Waals surface area contributed by atoms with Gasteiger partial charge in [-0.25, -0.2) is 8.78 Å². The number of carbonyl (C=O) groups excluding carboxylic acids is 1. The van der Waals surface area contributed by atoms with Gasteiger partial charge >= 0.3 is 0 Å². The Kier molecular flexibility index (Phi) is 2.50. The molecule has 1 aliphatic rings. The standard InChI is InChI=1S/C10H8BrF2NO/c11-8-1-2-9(7(3-8)4-15)14-5-10(12,13)6-14/h1-4H,5-6H2. The smallest absolute Gasteiger partial charge is 0.282 e. The molecule has 0 unspecified atom stereocenters. The molecule has 0 aliphatic carbocycles. The zero-order valence-electron chi connectivity index (χ0n) is 7.71. The van der Waals surface area contributed by atoms with E-state index in [1.807, 2.05) is 0 Å². The van der Waals surface area contributed by atoms with E-state index in [0.29, 0.717) is 17.5 Å². The number of benzene rings is 1. The number of nitrogens with zero attached hydrogens (tertiary/aromatic N) is 1. The zero-order chi connectivity index (χ0) is 11.1. The van der Waals surface area contributed by atoms with Crippen LogP contribution in [0.3, 0.4) is 0 Å². The fraction of sp³-hybridized carbons (Fsp3) is 0.300. The predicted octanol–water partition coefficient (Wildman–Crippen LogP) is 2.72. The molecule has 0 saturated carbocycles. The van der Waals surface area contributed by atoms with Crippen molar-refractivity contribution >= 4 is 27.9 Å². The van der Waals surface area contributed by atoms with E-state index in [9.17, 15) is 13.6 Å². The molecule has 15 heavy (non-hydrogen) atoms. The Morgan fingerprint density at radius 3 is 2.60 bits per heavy atom. The zero-order valence-corrected chi connectivity index (χ0v) is 9.30. The van der Waals surface area contributed by atoms with E-state index in [2.05, 4.69) is 15.9 Å². The van der Waals surface area contributed by atoms with Gasteiger partial charge in [0.25, 0.3) is 5.92 Å². The van der Waals surface area contributed by atoms with E-state index in [1.54, 1.807) is 18.2 Å². The van der Waals surface area contributed by atoms with Crippen LogP contribution in [0.15, 0.2) is 22.7 Å². The molecule has 1 heterocycles. The number of hydrogen-bond acceptors (Lipinski definition) is 2. The van der Waals surface area contributed by atoms with E-state index in [4.69, 9.17) is 0 Å². The van der Waals surface area contributed by atoms with Crippen molar-refractivity contribution < 1.29 is 13.6 Å². The number of halogens is 3. The minimum atomic E-state index is -2.62. The van der Waals surface area contributed by atoms with Crippen molar-refractivity contribution in [1.29, 1.82) is 0 Å². The first kappa shape index (κ1) is 10.5. The van der Waals surface area contributed by atoms with Crippen LogP contribution in [0.4, 0.5) is 14.5 Å². The Morgan fingerprint density at radius 1 is 1.40 bits per heavy atom. The Morgan fingerprint density at radius 2 is 2.07 bits per heavy atom. The minimum Gasteiger partial charge on any atom is -0.359 e. The van der Waals surface area contributed by atoms with Crippen molar-refractivity contribution in [3.05, 3.63) is 28.2 Å². The highest BCUT2D eigenvalue weighted by molar-refractivity contribution is 9.10. The van der Waals surface area contributed by atoms with Crippen LogP contribution in [-0.2, 0) is 0 Å². The van der Waals surface area contributed by atoms with Gasteiger partial charge in [0.1, 0.15) is 0 Å². The van der Waals surface area contributed by atoms with Crippen LogP contribution in [0, 0.1) is 0 Å². The summed E-state index contributed by atoms with van der Waals surface area (Å²) in [6, 6.07) is 5.03. The van der Waals surface area contributed by atoms with Crippen molar-refractivity contribution in [2.75, 3.05) is 18.0 Å². The number of alkyl halides is 2. The maximum Gasteiger partial charge on any atom is 0.282 e. The molecule has 80 valence electrons. The van der Waals surface area contributed by atoms with Crippen LogP contribution in [-0.4, -0.2) is 25.3 Å². The summed E-state index contributed by atoms with van der Waals surface area (Å²) in [5.41, 5.74) is 0.999. The maximum atomic E-state index is 12.6. The second-order valence-electron chi connectivity index (χ2n) is 3.53. The number of aldehydes is 1. The van der Waals surface area contributed by atoms with Gasteiger partial charge < -0.3 is 4.90 Å². The quantitative estimate of drug-likeness (QED) is 0.774. The van der Waals surface area contributed by atoms with E-state index < -0.39 is 5.92 Å². The van der Waals surface area contributed by atoms with Crippen molar-refractivity contribution in [1.82, 2.24) is 0 Å². The molecule has 1 aromatic rings. The number of carbonyl (C=O) groups is 1. The average molecular weight is 276 g/mol. The number of anilines is 1. The molecule has 0 radical (unpaired) electrons. The first-order valence-corrected chi connectivity index (χ1v) is 5.19. The molecule has 2 rings (SSSR count). The van der Waals surface area contributed by atoms with Crippen molar-refractivity contribution in [3.63, 3.8) is 0 Å². The van der Waals surface area contributed by atoms with Crippen LogP contribution < -0.4 is 4.90 Å². The average Bonchev–Trinajstić information content (AvgIpc) is 2.14. The minimum absolute atomic E-state index is 0.310. The van der Waals surface area contributed by atoms with Gasteiger partial charge in [0.15, 0.2) is 6.29 Å². The van der Waals surface area contributed by atoms with E-state index in [1.165, 1.54) is 4.90 Å². The van der Waals surface area contributed by atoms with Gasteiger partial charge in [-0.15, -0.1) is 0 Å². The second kappa shape index (κ2) is 3.56. The molecule has 2 nitrogen and oxygen atoms in total. The van der Waals surface area contributed by atoms with Crippen molar-refractivity contribution in [2.45, 2.75) is 5.92 Å². The molecule has 1 saturated heterocycles. The normalized spacial score (nSPS) is 18.5. The van der Waals surface area contributed by atoms with Gasteiger partial charge in [0.2, 0.25) is 0 Å². The molecule has 0 bridgehead atoms. The Hall–Kier alpha value is -0.970. The lowest BCUT2D eigenvalue weighted by Crippen LogP contribution is -2.56. The van der Waals surface area contributed by atoms with E-state index in [-0.39, 0.29) is 13.1 Å². The summed E-state index contributed by atoms with van der Waals surface area (Å²) >= 11 is 3.22. The third kappa shape index (κ3) is 2.02. The van der Waals surface area contributed by atoms with Crippen molar-refractivity contribution in [2.24, 2.45) is 0 Å². The lowest BCUT2D eigenvalue weighted by Gasteiger charge is -2.41. The molecule has 0 spiro atoms. The lowest BCUT2D eigenvalue weighted by atomic mass is 10.1. The summed E-state index contributed by atoms with van der Waals surface area (Å²) in [5, 5.41) is 0. The first-order chi connectivity index (χ1) is 7.02. The van der Waals surface area contributed by atoms with Crippen LogP contribution in [0.25, 0.3) is 0 Å². The maximum absolute atomic E-state index is 12.6. The molecule has 5 heteroatoms. The second-order valence-corrected chi connectivity index (χ2v) is 4.45. The lowest BCUT2D eigenvalue weighted by molar-refractivity contribution is -0.0263. The van der Waals surface area contributed by atoms with E-state index in [0.717, 1.165) is 4.47 Å². The van der Waals surface area contributed by atoms with Crippen LogP contribution >= 0.6 is 15.9 Å². The van der Waals surface area contributed by atoms with Crippen LogP contribution in [0.1, 0.15) is 10.4 Å². The fourth-order valence-electron chi connectivity index (χ4n) is 1.59. The third-order valence-corrected chi connectivity index (χ3v) is 2.79. The van der Waals surface area contributed by atoms with Gasteiger partial charge in [0.05, 0.1) is 13.1 Å². The highest BCUT2D eigenvalue weighted by Gasteiger charge is 2.44. The van der Waals surface area contributed by atoms with Crippen LogP contribution in [0.2, 0.25) is 0 Å². The summed E-state index contributed by atoms with van der Waals surface area (Å²) in [7, 11) is 0. The molecular formula is C10H8BrF2NO. The van der Waals surface area contributed by atoms with Crippen molar-refractivity contribution in [3.8, 4) is 0 Å². The SMILES string of the molecule is O=Cc1cc(Br)ccc1N1CC(F)(F)C1. The van der Waals surface area contributed by atoms with Gasteiger partial charge in [-0.3, -0.25) is 4.79 Å². The highest BCUT2D eigenvalue weighted by Crippen LogP contribution is 2.34. The number of rotatable bonds is 2. The highest BCUT2D eigenvalue weighted by atomic mass is 79.9. The summed E-state index contributed by atoms with van der Waals surface area (Å²) in [6.45, 7) is -0.620. The topological polar surface area (TPSA) is 20.3 Å². The largest absolute Gasteiger partial charge is 0.359 e. The summed E-state index contributed by atoms with van der Waals surface area (Å²) in [6.07, 6.45) is 0.677. The van der Waals surface area contributed by atoms with Gasteiger partial charge in [0, 0.05) is 15.7 Å². The molecule has 1 aliphatic heterocycles. The molecule has 1 fully saturated rings. The third-order valence-electron chi connectivity index (χ3n) is 2.30. The summed E-state index contributed by atoms with van der Waals surface area (Å²) in [4.78, 5) is 12.2.